The van der Waals surface area contributed by atoms with Gasteiger partial charge in [0.15, 0.2) is 0 Å². The Morgan fingerprint density at radius 1 is 1.39 bits per heavy atom. The number of carbonyl (C=O) groups excluding carboxylic acids is 1. The highest BCUT2D eigenvalue weighted by Gasteiger charge is 2.19. The number of ether oxygens (including phenoxy) is 2. The molecule has 18 heavy (non-hydrogen) atoms. The van der Waals surface area contributed by atoms with E-state index in [9.17, 15) is 4.79 Å². The van der Waals surface area contributed by atoms with Gasteiger partial charge in [0, 0.05) is 5.69 Å². The minimum Gasteiger partial charge on any atom is -0.465 e. The number of rotatable bonds is 5. The highest BCUT2D eigenvalue weighted by molar-refractivity contribution is 5.96. The van der Waals surface area contributed by atoms with E-state index >= 15 is 0 Å². The Bertz CT molecular complexity index is 427. The number of nitrogens with two attached hydrogens (primary N) is 1. The van der Waals surface area contributed by atoms with E-state index in [1.165, 1.54) is 7.11 Å². The van der Waals surface area contributed by atoms with E-state index in [0.717, 1.165) is 12.0 Å². The standard InChI is InChI=1S/C14H21NO3/c1-5-14(2,3)18-9-10-7-6-8-11(15)12(10)13(16)17-4/h6-8H,5,9,15H2,1-4H3. The first-order valence-corrected chi connectivity index (χ1v) is 6.01. The average molecular weight is 251 g/mol. The molecule has 1 aromatic rings. The van der Waals surface area contributed by atoms with Crippen molar-refractivity contribution in [2.24, 2.45) is 0 Å². The second-order valence-corrected chi connectivity index (χ2v) is 4.77. The number of methoxy groups -OCH3 is 1. The summed E-state index contributed by atoms with van der Waals surface area (Å²) in [5.41, 5.74) is 7.15. The van der Waals surface area contributed by atoms with Crippen LogP contribution >= 0.6 is 0 Å². The van der Waals surface area contributed by atoms with E-state index < -0.39 is 5.97 Å². The summed E-state index contributed by atoms with van der Waals surface area (Å²) >= 11 is 0. The van der Waals surface area contributed by atoms with Crippen molar-refractivity contribution in [3.05, 3.63) is 29.3 Å². The predicted octanol–water partition coefficient (Wildman–Crippen LogP) is 2.76. The van der Waals surface area contributed by atoms with Crippen LogP contribution in [0.15, 0.2) is 18.2 Å². The van der Waals surface area contributed by atoms with Gasteiger partial charge in [-0.15, -0.1) is 0 Å². The van der Waals surface area contributed by atoms with Crippen molar-refractivity contribution in [1.82, 2.24) is 0 Å². The summed E-state index contributed by atoms with van der Waals surface area (Å²) in [5, 5.41) is 0. The predicted molar refractivity (Wildman–Crippen MR) is 71.4 cm³/mol. The second-order valence-electron chi connectivity index (χ2n) is 4.77. The summed E-state index contributed by atoms with van der Waals surface area (Å²) in [6, 6.07) is 5.31. The van der Waals surface area contributed by atoms with Gasteiger partial charge < -0.3 is 15.2 Å². The average Bonchev–Trinajstić information content (AvgIpc) is 2.35. The van der Waals surface area contributed by atoms with Gasteiger partial charge in [0.2, 0.25) is 0 Å². The van der Waals surface area contributed by atoms with Crippen LogP contribution in [-0.4, -0.2) is 18.7 Å². The quantitative estimate of drug-likeness (QED) is 0.645. The van der Waals surface area contributed by atoms with Crippen LogP contribution < -0.4 is 5.73 Å². The molecule has 0 fully saturated rings. The fraction of sp³-hybridized carbons (Fsp3) is 0.500. The van der Waals surface area contributed by atoms with Gasteiger partial charge in [0.1, 0.15) is 0 Å². The van der Waals surface area contributed by atoms with Gasteiger partial charge >= 0.3 is 5.97 Å². The maximum Gasteiger partial charge on any atom is 0.340 e. The van der Waals surface area contributed by atoms with Crippen molar-refractivity contribution in [2.75, 3.05) is 12.8 Å². The fourth-order valence-electron chi connectivity index (χ4n) is 1.47. The van der Waals surface area contributed by atoms with Crippen LogP contribution in [0.4, 0.5) is 5.69 Å². The number of anilines is 1. The molecule has 0 heterocycles. The van der Waals surface area contributed by atoms with Crippen LogP contribution in [0.1, 0.15) is 43.1 Å². The summed E-state index contributed by atoms with van der Waals surface area (Å²) in [7, 11) is 1.34. The molecule has 0 radical (unpaired) electrons. The van der Waals surface area contributed by atoms with E-state index in [1.807, 2.05) is 19.9 Å². The zero-order valence-corrected chi connectivity index (χ0v) is 11.4. The van der Waals surface area contributed by atoms with E-state index in [0.29, 0.717) is 17.9 Å². The summed E-state index contributed by atoms with van der Waals surface area (Å²) in [5.74, 6) is -0.430. The minimum atomic E-state index is -0.430. The molecule has 0 aliphatic heterocycles. The topological polar surface area (TPSA) is 61.5 Å². The molecule has 1 aromatic carbocycles. The zero-order chi connectivity index (χ0) is 13.8. The van der Waals surface area contributed by atoms with E-state index in [-0.39, 0.29) is 5.60 Å². The molecule has 4 heteroatoms. The molecule has 0 aliphatic carbocycles. The zero-order valence-electron chi connectivity index (χ0n) is 11.4. The third-order valence-corrected chi connectivity index (χ3v) is 3.04. The lowest BCUT2D eigenvalue weighted by Gasteiger charge is -2.24. The fourth-order valence-corrected chi connectivity index (χ4v) is 1.47. The number of carbonyl (C=O) groups is 1. The number of hydrogen-bond acceptors (Lipinski definition) is 4. The Balaban J connectivity index is 2.95. The van der Waals surface area contributed by atoms with E-state index in [2.05, 4.69) is 6.92 Å². The molecule has 0 unspecified atom stereocenters. The van der Waals surface area contributed by atoms with Crippen molar-refractivity contribution < 1.29 is 14.3 Å². The molecule has 2 N–H and O–H groups in total. The molecule has 0 aliphatic rings. The summed E-state index contributed by atoms with van der Waals surface area (Å²) < 4.78 is 10.5. The van der Waals surface area contributed by atoms with Crippen molar-refractivity contribution in [1.29, 1.82) is 0 Å². The number of esters is 1. The van der Waals surface area contributed by atoms with Crippen molar-refractivity contribution in [3.63, 3.8) is 0 Å². The molecule has 0 aromatic heterocycles. The lowest BCUT2D eigenvalue weighted by molar-refractivity contribution is -0.0320. The lowest BCUT2D eigenvalue weighted by atomic mass is 10.0. The maximum atomic E-state index is 11.7. The largest absolute Gasteiger partial charge is 0.465 e. The van der Waals surface area contributed by atoms with Gasteiger partial charge in [0.25, 0.3) is 0 Å². The van der Waals surface area contributed by atoms with Crippen LogP contribution in [0.25, 0.3) is 0 Å². The van der Waals surface area contributed by atoms with Gasteiger partial charge in [-0.3, -0.25) is 0 Å². The van der Waals surface area contributed by atoms with Crippen molar-refractivity contribution in [2.45, 2.75) is 39.4 Å². The van der Waals surface area contributed by atoms with Crippen LogP contribution in [0.5, 0.6) is 0 Å². The Labute approximate surface area is 108 Å². The molecule has 0 atom stereocenters. The number of benzene rings is 1. The lowest BCUT2D eigenvalue weighted by Crippen LogP contribution is -2.23. The first-order chi connectivity index (χ1) is 8.41. The molecular weight excluding hydrogens is 230 g/mol. The van der Waals surface area contributed by atoms with Crippen LogP contribution in [0.3, 0.4) is 0 Å². The third-order valence-electron chi connectivity index (χ3n) is 3.04. The second kappa shape index (κ2) is 5.87. The molecular formula is C14H21NO3. The first-order valence-electron chi connectivity index (χ1n) is 6.01. The third kappa shape index (κ3) is 3.47. The highest BCUT2D eigenvalue weighted by atomic mass is 16.5. The maximum absolute atomic E-state index is 11.7. The van der Waals surface area contributed by atoms with Gasteiger partial charge in [-0.2, -0.15) is 0 Å². The number of nitrogen functional groups attached to an aromatic ring is 1. The minimum absolute atomic E-state index is 0.224. The normalized spacial score (nSPS) is 11.3. The van der Waals surface area contributed by atoms with Crippen LogP contribution in [0.2, 0.25) is 0 Å². The Morgan fingerprint density at radius 2 is 2.06 bits per heavy atom. The van der Waals surface area contributed by atoms with Gasteiger partial charge in [0.05, 0.1) is 24.9 Å². The molecule has 1 rings (SSSR count). The smallest absolute Gasteiger partial charge is 0.340 e. The van der Waals surface area contributed by atoms with Gasteiger partial charge in [-0.05, 0) is 31.9 Å². The van der Waals surface area contributed by atoms with Gasteiger partial charge in [-0.1, -0.05) is 19.1 Å². The Hall–Kier alpha value is -1.55. The van der Waals surface area contributed by atoms with Crippen LogP contribution in [-0.2, 0) is 16.1 Å². The number of hydrogen-bond donors (Lipinski definition) is 1. The highest BCUT2D eigenvalue weighted by Crippen LogP contribution is 2.22. The molecule has 0 amide bonds. The van der Waals surface area contributed by atoms with Crippen LogP contribution in [0, 0.1) is 0 Å². The van der Waals surface area contributed by atoms with Gasteiger partial charge in [-0.25, -0.2) is 4.79 Å². The monoisotopic (exact) mass is 251 g/mol. The molecule has 0 saturated heterocycles. The molecule has 4 nitrogen and oxygen atoms in total. The SMILES string of the molecule is CCC(C)(C)OCc1cccc(N)c1C(=O)OC. The molecule has 0 saturated carbocycles. The summed E-state index contributed by atoms with van der Waals surface area (Å²) in [6.07, 6.45) is 0.892. The summed E-state index contributed by atoms with van der Waals surface area (Å²) in [6.45, 7) is 6.42. The molecule has 100 valence electrons. The van der Waals surface area contributed by atoms with E-state index in [1.54, 1.807) is 12.1 Å². The first kappa shape index (κ1) is 14.5. The molecule has 0 bridgehead atoms. The van der Waals surface area contributed by atoms with Crippen molar-refractivity contribution in [3.8, 4) is 0 Å². The Kier molecular flexibility index (Phi) is 4.73. The molecule has 0 spiro atoms. The Morgan fingerprint density at radius 3 is 2.61 bits per heavy atom. The summed E-state index contributed by atoms with van der Waals surface area (Å²) in [4.78, 5) is 11.7. The van der Waals surface area contributed by atoms with Crippen molar-refractivity contribution >= 4 is 11.7 Å². The van der Waals surface area contributed by atoms with E-state index in [4.69, 9.17) is 15.2 Å².